The Morgan fingerprint density at radius 1 is 0.926 bits per heavy atom. The van der Waals surface area contributed by atoms with Gasteiger partial charge in [-0.2, -0.15) is 0 Å². The molecule has 0 aliphatic carbocycles. The smallest absolute Gasteiger partial charge is 0.870 e. The number of hydrogen-bond donors (Lipinski definition) is 2. The number of aromatic nitrogens is 4. The SMILES string of the molecule is COc1cnc2[nH]cc(I)c2c1.COc1cnc2[nH]ccc2c1.II.[K+].[OH-]. The van der Waals surface area contributed by atoms with Crippen molar-refractivity contribution in [3.8, 4) is 11.5 Å². The van der Waals surface area contributed by atoms with E-state index in [9.17, 15) is 0 Å². The van der Waals surface area contributed by atoms with Gasteiger partial charge in [0.25, 0.3) is 0 Å². The minimum absolute atomic E-state index is 0. The predicted octanol–water partition coefficient (Wildman–Crippen LogP) is 2.35. The van der Waals surface area contributed by atoms with Gasteiger partial charge in [0.2, 0.25) is 0 Å². The molecule has 11 heteroatoms. The number of fused-ring (bicyclic) bond motifs is 2. The molecular weight excluding hydrogens is 716 g/mol. The molecule has 0 saturated heterocycles. The summed E-state index contributed by atoms with van der Waals surface area (Å²) in [6, 6.07) is 5.88. The number of rotatable bonds is 2. The average molecular weight is 732 g/mol. The van der Waals surface area contributed by atoms with Gasteiger partial charge in [-0.25, -0.2) is 9.97 Å². The number of nitrogens with one attached hydrogen (secondary N) is 2. The fraction of sp³-hybridized carbons (Fsp3) is 0.125. The summed E-state index contributed by atoms with van der Waals surface area (Å²) < 4.78 is 11.2. The molecule has 0 amide bonds. The molecule has 0 fully saturated rings. The molecule has 3 N–H and O–H groups in total. The zero-order valence-corrected chi connectivity index (χ0v) is 24.4. The maximum absolute atomic E-state index is 5.07. The third-order valence-corrected chi connectivity index (χ3v) is 4.19. The van der Waals surface area contributed by atoms with Crippen LogP contribution >= 0.6 is 59.8 Å². The first-order valence-corrected chi connectivity index (χ1v) is 14.4. The maximum Gasteiger partial charge on any atom is 1.00 e. The second-order valence-corrected chi connectivity index (χ2v) is 5.86. The minimum Gasteiger partial charge on any atom is -0.870 e. The number of halogens is 3. The molecule has 0 spiro atoms. The van der Waals surface area contributed by atoms with Crippen LogP contribution in [-0.4, -0.2) is 39.6 Å². The van der Waals surface area contributed by atoms with Crippen LogP contribution in [0.15, 0.2) is 43.0 Å². The molecule has 0 radical (unpaired) electrons. The second kappa shape index (κ2) is 14.7. The minimum atomic E-state index is 0. The van der Waals surface area contributed by atoms with Gasteiger partial charge in [0.05, 0.1) is 26.6 Å². The number of H-pyrrole nitrogens is 2. The van der Waals surface area contributed by atoms with E-state index in [1.807, 2.05) is 30.6 Å². The summed E-state index contributed by atoms with van der Waals surface area (Å²) in [6.45, 7) is 0. The number of methoxy groups -OCH3 is 2. The number of ether oxygens (including phenoxy) is 2. The van der Waals surface area contributed by atoms with Crippen molar-refractivity contribution >= 4 is 81.9 Å². The van der Waals surface area contributed by atoms with Gasteiger partial charge in [0, 0.05) is 64.0 Å². The Labute approximate surface area is 236 Å². The number of nitrogens with zero attached hydrogens (tertiary/aromatic N) is 2. The molecule has 0 saturated carbocycles. The van der Waals surface area contributed by atoms with Crippen molar-refractivity contribution in [2.75, 3.05) is 14.2 Å². The fourth-order valence-electron chi connectivity index (χ4n) is 2.10. The molecule has 4 aromatic heterocycles. The van der Waals surface area contributed by atoms with Crippen molar-refractivity contribution in [1.82, 2.24) is 19.9 Å². The molecule has 4 aromatic rings. The largest absolute Gasteiger partial charge is 1.00 e. The van der Waals surface area contributed by atoms with E-state index in [0.29, 0.717) is 0 Å². The third kappa shape index (κ3) is 7.84. The first kappa shape index (κ1) is 27.8. The van der Waals surface area contributed by atoms with Crippen molar-refractivity contribution in [3.63, 3.8) is 0 Å². The van der Waals surface area contributed by atoms with E-state index >= 15 is 0 Å². The molecule has 4 heterocycles. The molecule has 0 unspecified atom stereocenters. The van der Waals surface area contributed by atoms with Crippen molar-refractivity contribution in [2.24, 2.45) is 0 Å². The van der Waals surface area contributed by atoms with Crippen LogP contribution in [0.4, 0.5) is 0 Å². The van der Waals surface area contributed by atoms with E-state index in [4.69, 9.17) is 9.47 Å². The van der Waals surface area contributed by atoms with Crippen LogP contribution in [0, 0.1) is 3.57 Å². The van der Waals surface area contributed by atoms with Gasteiger partial charge in [-0.05, 0) is 40.8 Å². The van der Waals surface area contributed by atoms with Crippen molar-refractivity contribution in [3.05, 3.63) is 46.6 Å². The van der Waals surface area contributed by atoms with Gasteiger partial charge in [-0.3, -0.25) is 0 Å². The monoisotopic (exact) mass is 732 g/mol. The topological polar surface area (TPSA) is 106 Å². The zero-order chi connectivity index (χ0) is 18.2. The van der Waals surface area contributed by atoms with E-state index in [-0.39, 0.29) is 56.9 Å². The number of hydrogen-bond acceptors (Lipinski definition) is 5. The Balaban J connectivity index is 0.000000431. The molecular formula is C16H16I3KN4O3. The first-order chi connectivity index (χ1) is 12.2. The summed E-state index contributed by atoms with van der Waals surface area (Å²) in [5, 5.41) is 2.18. The number of pyridine rings is 2. The Morgan fingerprint density at radius 3 is 2.15 bits per heavy atom. The van der Waals surface area contributed by atoms with E-state index < -0.39 is 0 Å². The first-order valence-electron chi connectivity index (χ1n) is 6.99. The summed E-state index contributed by atoms with van der Waals surface area (Å²) in [5.41, 5.74) is 1.80. The average Bonchev–Trinajstić information content (AvgIpc) is 3.29. The van der Waals surface area contributed by atoms with Crippen molar-refractivity contribution in [2.45, 2.75) is 0 Å². The van der Waals surface area contributed by atoms with Crippen LogP contribution in [0.3, 0.4) is 0 Å². The predicted molar refractivity (Wildman–Crippen MR) is 128 cm³/mol. The summed E-state index contributed by atoms with van der Waals surface area (Å²) in [6.07, 6.45) is 7.18. The molecule has 0 bridgehead atoms. The third-order valence-electron chi connectivity index (χ3n) is 3.30. The molecule has 4 rings (SSSR count). The van der Waals surface area contributed by atoms with E-state index in [0.717, 1.165) is 37.1 Å². The van der Waals surface area contributed by atoms with Crippen molar-refractivity contribution in [1.29, 1.82) is 0 Å². The van der Waals surface area contributed by atoms with E-state index in [1.165, 1.54) is 0 Å². The van der Waals surface area contributed by atoms with Crippen LogP contribution < -0.4 is 60.9 Å². The van der Waals surface area contributed by atoms with Crippen LogP contribution in [0.5, 0.6) is 11.5 Å². The summed E-state index contributed by atoms with van der Waals surface area (Å²) in [7, 11) is 3.28. The van der Waals surface area contributed by atoms with E-state index in [2.05, 4.69) is 79.8 Å². The van der Waals surface area contributed by atoms with Gasteiger partial charge in [0.15, 0.2) is 0 Å². The van der Waals surface area contributed by atoms with Gasteiger partial charge >= 0.3 is 51.4 Å². The normalized spacial score (nSPS) is 9.07. The maximum atomic E-state index is 5.07. The van der Waals surface area contributed by atoms with Crippen LogP contribution in [0.25, 0.3) is 22.1 Å². The molecule has 140 valence electrons. The van der Waals surface area contributed by atoms with Gasteiger partial charge in [-0.15, -0.1) is 0 Å². The molecule has 7 nitrogen and oxygen atoms in total. The van der Waals surface area contributed by atoms with Gasteiger partial charge in [0.1, 0.15) is 22.8 Å². The van der Waals surface area contributed by atoms with E-state index in [1.54, 1.807) is 26.6 Å². The Hall–Kier alpha value is 0.766. The molecule has 0 aliphatic heterocycles. The summed E-state index contributed by atoms with van der Waals surface area (Å²) in [5.74, 6) is 1.58. The molecule has 0 aliphatic rings. The quantitative estimate of drug-likeness (QED) is 0.244. The summed E-state index contributed by atoms with van der Waals surface area (Å²) >= 11 is 6.50. The summed E-state index contributed by atoms with van der Waals surface area (Å²) in [4.78, 5) is 14.4. The van der Waals surface area contributed by atoms with Gasteiger partial charge in [-0.1, -0.05) is 0 Å². The second-order valence-electron chi connectivity index (χ2n) is 4.70. The number of aromatic amines is 2. The standard InChI is InChI=1S/C8H7IN2O.C8H8N2O.I2.K.H2O/c1-12-5-2-6-7(9)4-11-8(6)10-3-5;1-11-7-4-6-2-3-9-8(6)10-5-7;1-2;;/h2-4H,1H3,(H,10,11);2-5H,1H3,(H,9,10);;;1H2/q;;;+1;/p-1. The molecule has 0 atom stereocenters. The Kier molecular flexibility index (Phi) is 15.1. The Bertz CT molecular complexity index is 949. The van der Waals surface area contributed by atoms with Crippen LogP contribution in [-0.2, 0) is 0 Å². The molecule has 0 aromatic carbocycles. The fourth-order valence-corrected chi connectivity index (χ4v) is 2.66. The van der Waals surface area contributed by atoms with Crippen LogP contribution in [0.1, 0.15) is 0 Å². The van der Waals surface area contributed by atoms with Gasteiger partial charge < -0.3 is 24.9 Å². The zero-order valence-electron chi connectivity index (χ0n) is 14.8. The Morgan fingerprint density at radius 2 is 1.52 bits per heavy atom. The van der Waals surface area contributed by atoms with Crippen molar-refractivity contribution < 1.29 is 66.3 Å². The van der Waals surface area contributed by atoms with Crippen LogP contribution in [0.2, 0.25) is 0 Å². The molecule has 27 heavy (non-hydrogen) atoms.